The fourth-order valence-corrected chi connectivity index (χ4v) is 6.43. The second-order valence-electron chi connectivity index (χ2n) is 10.3. The number of fused-ring (bicyclic) bond motifs is 2. The zero-order chi connectivity index (χ0) is 27.1. The molecule has 2 N–H and O–H groups in total. The van der Waals surface area contributed by atoms with Gasteiger partial charge in [0.05, 0.1) is 28.6 Å². The van der Waals surface area contributed by atoms with E-state index in [4.69, 9.17) is 25.2 Å². The molecule has 206 valence electrons. The first-order chi connectivity index (χ1) is 18.9. The Hall–Kier alpha value is -3.35. The summed E-state index contributed by atoms with van der Waals surface area (Å²) in [4.78, 5) is 32.2. The van der Waals surface area contributed by atoms with Crippen molar-refractivity contribution in [3.63, 3.8) is 0 Å². The average molecular weight is 554 g/mol. The molecule has 39 heavy (non-hydrogen) atoms. The van der Waals surface area contributed by atoms with Gasteiger partial charge < -0.3 is 29.9 Å². The van der Waals surface area contributed by atoms with Gasteiger partial charge in [-0.3, -0.25) is 4.79 Å². The Kier molecular flexibility index (Phi) is 7.08. The first-order valence-corrected chi connectivity index (χ1v) is 14.1. The molecule has 3 aliphatic rings. The number of thiazole rings is 1. The maximum atomic E-state index is 13.4. The third-order valence-electron chi connectivity index (χ3n) is 7.85. The van der Waals surface area contributed by atoms with Crippen LogP contribution in [0.5, 0.6) is 6.01 Å². The molecule has 6 rings (SSSR count). The van der Waals surface area contributed by atoms with Crippen LogP contribution in [0.4, 0.5) is 15.3 Å². The summed E-state index contributed by atoms with van der Waals surface area (Å²) >= 11 is 1.46. The van der Waals surface area contributed by atoms with E-state index in [0.29, 0.717) is 63.0 Å². The number of piperazine rings is 1. The lowest BCUT2D eigenvalue weighted by Crippen LogP contribution is -2.49. The van der Waals surface area contributed by atoms with Crippen LogP contribution in [0, 0.1) is 0 Å². The number of carbonyl (C=O) groups excluding carboxylic acids is 1. The lowest BCUT2D eigenvalue weighted by Gasteiger charge is -2.37. The average Bonchev–Trinajstić information content (AvgIpc) is 3.54. The second kappa shape index (κ2) is 10.7. The summed E-state index contributed by atoms with van der Waals surface area (Å²) in [6.07, 6.45) is 2.55. The number of ether oxygens (including phenoxy) is 2. The molecule has 0 aliphatic carbocycles. The second-order valence-corrected chi connectivity index (χ2v) is 11.3. The van der Waals surface area contributed by atoms with Crippen LogP contribution in [0.3, 0.4) is 0 Å². The minimum Gasteiger partial charge on any atom is -0.462 e. The molecular weight excluding hydrogens is 521 g/mol. The monoisotopic (exact) mass is 553 g/mol. The lowest BCUT2D eigenvalue weighted by atomic mass is 9.98. The van der Waals surface area contributed by atoms with Gasteiger partial charge in [0.15, 0.2) is 11.0 Å². The van der Waals surface area contributed by atoms with E-state index in [1.54, 1.807) is 0 Å². The van der Waals surface area contributed by atoms with E-state index in [2.05, 4.69) is 28.4 Å². The van der Waals surface area contributed by atoms with Crippen LogP contribution in [0.1, 0.15) is 35.8 Å². The van der Waals surface area contributed by atoms with E-state index >= 15 is 0 Å². The van der Waals surface area contributed by atoms with Gasteiger partial charge in [0, 0.05) is 49.8 Å². The van der Waals surface area contributed by atoms with Crippen molar-refractivity contribution in [2.45, 2.75) is 38.0 Å². The normalized spacial score (nSPS) is 21.8. The molecule has 2 atom stereocenters. The minimum atomic E-state index is -0.938. The number of carbonyl (C=O) groups is 1. The van der Waals surface area contributed by atoms with Crippen molar-refractivity contribution >= 4 is 38.4 Å². The Morgan fingerprint density at radius 2 is 2.05 bits per heavy atom. The molecule has 1 amide bonds. The SMILES string of the molecule is C=C(F)C(=O)N1CCN(c2nc(OC[C@@H]3CCCN3C)nc3c2COC(c2cccc4sc(N)nc24)C3)CC1. The van der Waals surface area contributed by atoms with Gasteiger partial charge in [0.1, 0.15) is 12.4 Å². The summed E-state index contributed by atoms with van der Waals surface area (Å²) in [5, 5.41) is 0.528. The van der Waals surface area contributed by atoms with Crippen molar-refractivity contribution in [3.8, 4) is 6.01 Å². The maximum Gasteiger partial charge on any atom is 0.318 e. The molecule has 0 spiro atoms. The summed E-state index contributed by atoms with van der Waals surface area (Å²) in [6, 6.07) is 6.72. The number of anilines is 2. The summed E-state index contributed by atoms with van der Waals surface area (Å²) < 4.78 is 27.0. The molecule has 10 nitrogen and oxygen atoms in total. The molecule has 2 saturated heterocycles. The molecule has 3 aliphatic heterocycles. The highest BCUT2D eigenvalue weighted by atomic mass is 32.1. The first-order valence-electron chi connectivity index (χ1n) is 13.3. The van der Waals surface area contributed by atoms with Crippen LogP contribution >= 0.6 is 11.3 Å². The number of nitrogens with zero attached hydrogens (tertiary/aromatic N) is 6. The third kappa shape index (κ3) is 5.15. The molecule has 12 heteroatoms. The fourth-order valence-electron chi connectivity index (χ4n) is 5.66. The van der Waals surface area contributed by atoms with E-state index in [1.807, 2.05) is 18.2 Å². The highest BCUT2D eigenvalue weighted by Crippen LogP contribution is 2.38. The van der Waals surface area contributed by atoms with Crippen molar-refractivity contribution in [2.24, 2.45) is 0 Å². The zero-order valence-corrected chi connectivity index (χ0v) is 22.8. The van der Waals surface area contributed by atoms with Crippen LogP contribution in [0.15, 0.2) is 30.6 Å². The van der Waals surface area contributed by atoms with Crippen LogP contribution in [-0.2, 0) is 22.6 Å². The zero-order valence-electron chi connectivity index (χ0n) is 21.9. The van der Waals surface area contributed by atoms with E-state index in [0.717, 1.165) is 52.2 Å². The molecule has 0 saturated carbocycles. The van der Waals surface area contributed by atoms with Gasteiger partial charge in [-0.25, -0.2) is 9.37 Å². The highest BCUT2D eigenvalue weighted by Gasteiger charge is 2.32. The summed E-state index contributed by atoms with van der Waals surface area (Å²) in [7, 11) is 2.11. The largest absolute Gasteiger partial charge is 0.462 e. The smallest absolute Gasteiger partial charge is 0.318 e. The Bertz CT molecular complexity index is 1410. The van der Waals surface area contributed by atoms with Crippen molar-refractivity contribution in [3.05, 3.63) is 47.4 Å². The van der Waals surface area contributed by atoms with Crippen molar-refractivity contribution < 1.29 is 18.7 Å². The molecular formula is C27H32FN7O3S. The molecule has 0 radical (unpaired) electrons. The number of amides is 1. The van der Waals surface area contributed by atoms with Crippen molar-refractivity contribution in [1.82, 2.24) is 24.8 Å². The van der Waals surface area contributed by atoms with Crippen LogP contribution < -0.4 is 15.4 Å². The summed E-state index contributed by atoms with van der Waals surface area (Å²) in [5.74, 6) is -0.852. The number of benzene rings is 1. The lowest BCUT2D eigenvalue weighted by molar-refractivity contribution is -0.128. The predicted octanol–water partition coefficient (Wildman–Crippen LogP) is 3.09. The third-order valence-corrected chi connectivity index (χ3v) is 8.70. The van der Waals surface area contributed by atoms with Crippen molar-refractivity contribution in [1.29, 1.82) is 0 Å². The standard InChI is InChI=1S/C27H32FN7O3S/c1-16(28)25(36)35-11-9-34(10-12-35)24-19-15-37-21(18-6-3-7-22-23(18)31-26(29)39-22)13-20(19)30-27(32-24)38-14-17-5-4-8-33(17)2/h3,6-7,17,21H,1,4-5,8-15H2,2H3,(H2,29,31)/t17-,21?/m0/s1. The number of rotatable bonds is 6. The fraction of sp³-hybridized carbons (Fsp3) is 0.481. The number of nitrogens with two attached hydrogens (primary N) is 1. The number of likely N-dealkylation sites (tertiary alicyclic amines) is 1. The van der Waals surface area contributed by atoms with E-state index < -0.39 is 11.7 Å². The van der Waals surface area contributed by atoms with Crippen molar-refractivity contribution in [2.75, 3.05) is 57.0 Å². The van der Waals surface area contributed by atoms with Gasteiger partial charge in [-0.05, 0) is 32.5 Å². The predicted molar refractivity (Wildman–Crippen MR) is 147 cm³/mol. The number of hydrogen-bond donors (Lipinski definition) is 1. The highest BCUT2D eigenvalue weighted by molar-refractivity contribution is 7.22. The van der Waals surface area contributed by atoms with Gasteiger partial charge in [-0.2, -0.15) is 9.97 Å². The number of halogens is 1. The van der Waals surface area contributed by atoms with E-state index in [9.17, 15) is 9.18 Å². The van der Waals surface area contributed by atoms with Gasteiger partial charge in [0.25, 0.3) is 5.91 Å². The molecule has 0 bridgehead atoms. The van der Waals surface area contributed by atoms with Gasteiger partial charge in [-0.15, -0.1) is 0 Å². The Morgan fingerprint density at radius 1 is 1.23 bits per heavy atom. The number of aromatic nitrogens is 3. The topological polar surface area (TPSA) is 110 Å². The first kappa shape index (κ1) is 25.9. The molecule has 2 fully saturated rings. The quantitative estimate of drug-likeness (QED) is 0.461. The number of para-hydroxylation sites is 1. The summed E-state index contributed by atoms with van der Waals surface area (Å²) in [6.45, 7) is 6.83. The number of hydrogen-bond acceptors (Lipinski definition) is 10. The van der Waals surface area contributed by atoms with Crippen LogP contribution in [-0.4, -0.2) is 83.1 Å². The Labute approximate surface area is 230 Å². The Morgan fingerprint density at radius 3 is 2.79 bits per heavy atom. The van der Waals surface area contributed by atoms with Gasteiger partial charge in [0.2, 0.25) is 0 Å². The van der Waals surface area contributed by atoms with Crippen LogP contribution in [0.2, 0.25) is 0 Å². The number of nitrogen functional groups attached to an aromatic ring is 1. The number of likely N-dealkylation sites (N-methyl/N-ethyl adjacent to an activating group) is 1. The van der Waals surface area contributed by atoms with Gasteiger partial charge in [-0.1, -0.05) is 30.0 Å². The Balaban J connectivity index is 1.29. The molecule has 1 aromatic carbocycles. The van der Waals surface area contributed by atoms with Crippen LogP contribution in [0.25, 0.3) is 10.2 Å². The van der Waals surface area contributed by atoms with Gasteiger partial charge >= 0.3 is 6.01 Å². The van der Waals surface area contributed by atoms with E-state index in [1.165, 1.54) is 16.2 Å². The molecule has 5 heterocycles. The summed E-state index contributed by atoms with van der Waals surface area (Å²) in [5.41, 5.74) is 9.63. The molecule has 2 aromatic heterocycles. The maximum absolute atomic E-state index is 13.4. The molecule has 1 unspecified atom stereocenters. The minimum absolute atomic E-state index is 0.232. The van der Waals surface area contributed by atoms with E-state index in [-0.39, 0.29) is 6.10 Å². The molecule has 3 aromatic rings.